The van der Waals surface area contributed by atoms with Crippen molar-refractivity contribution in [3.8, 4) is 0 Å². The summed E-state index contributed by atoms with van der Waals surface area (Å²) in [7, 11) is -2.86. The third-order valence-corrected chi connectivity index (χ3v) is 6.14. The topological polar surface area (TPSA) is 101 Å². The van der Waals surface area contributed by atoms with Gasteiger partial charge in [-0.05, 0) is 32.6 Å². The van der Waals surface area contributed by atoms with Crippen molar-refractivity contribution in [2.45, 2.75) is 108 Å². The minimum atomic E-state index is -4.24. The second-order valence-electron chi connectivity index (χ2n) is 7.36. The van der Waals surface area contributed by atoms with E-state index >= 15 is 0 Å². The van der Waals surface area contributed by atoms with Crippen LogP contribution in [0.5, 0.6) is 0 Å². The van der Waals surface area contributed by atoms with Gasteiger partial charge in [0.05, 0.1) is 17.2 Å². The Hall–Kier alpha value is 0.0500. The molecule has 0 aliphatic rings. The minimum absolute atomic E-state index is 0. The maximum atomic E-state index is 11.4. The number of Topliss-reactive ketones (excluding diaryl/α,β-unsaturated/α-hetero) is 1. The number of rotatable bonds is 18. The molecule has 0 heterocycles. The van der Waals surface area contributed by atoms with Gasteiger partial charge >= 0.3 is 35.5 Å². The van der Waals surface area contributed by atoms with E-state index in [-0.39, 0.29) is 41.3 Å². The van der Waals surface area contributed by atoms with E-state index in [1.54, 1.807) is 6.92 Å². The first-order valence-electron chi connectivity index (χ1n) is 10.3. The summed E-state index contributed by atoms with van der Waals surface area (Å²) in [6.45, 7) is 1.60. The fourth-order valence-corrected chi connectivity index (χ4v) is 4.07. The number of unbranched alkanes of at least 4 members (excludes halogenated alkanes) is 9. The molecule has 0 aliphatic carbocycles. The first kappa shape index (κ1) is 30.2. The van der Waals surface area contributed by atoms with Crippen molar-refractivity contribution in [3.63, 3.8) is 0 Å². The Morgan fingerprint density at radius 3 is 1.57 bits per heavy atom. The number of hydrogen-bond acceptors (Lipinski definition) is 6. The monoisotopic (exact) mass is 428 g/mol. The van der Waals surface area contributed by atoms with Crippen molar-refractivity contribution in [2.75, 3.05) is 7.11 Å². The van der Waals surface area contributed by atoms with Crippen LogP contribution in [0.4, 0.5) is 0 Å². The van der Waals surface area contributed by atoms with Crippen LogP contribution < -0.4 is 29.6 Å². The van der Waals surface area contributed by atoms with Crippen molar-refractivity contribution in [1.82, 2.24) is 0 Å². The van der Waals surface area contributed by atoms with Crippen LogP contribution in [0.15, 0.2) is 0 Å². The van der Waals surface area contributed by atoms with Crippen molar-refractivity contribution in [3.05, 3.63) is 0 Å². The van der Waals surface area contributed by atoms with E-state index in [1.165, 1.54) is 7.11 Å². The van der Waals surface area contributed by atoms with Gasteiger partial charge in [0.1, 0.15) is 5.78 Å². The normalized spacial score (nSPS) is 12.2. The van der Waals surface area contributed by atoms with E-state index in [1.807, 2.05) is 0 Å². The number of ketones is 1. The third-order valence-electron chi connectivity index (χ3n) is 4.85. The summed E-state index contributed by atoms with van der Waals surface area (Å²) in [6.07, 6.45) is 11.9. The quantitative estimate of drug-likeness (QED) is 0.142. The number of esters is 1. The van der Waals surface area contributed by atoms with E-state index in [9.17, 15) is 22.6 Å². The van der Waals surface area contributed by atoms with E-state index in [0.717, 1.165) is 70.6 Å². The molecule has 0 saturated heterocycles. The molecule has 0 aliphatic heterocycles. The molecule has 0 amide bonds. The van der Waals surface area contributed by atoms with Gasteiger partial charge in [0.25, 0.3) is 0 Å². The Morgan fingerprint density at radius 2 is 1.18 bits per heavy atom. The van der Waals surface area contributed by atoms with Gasteiger partial charge in [0.2, 0.25) is 0 Å². The number of methoxy groups -OCH3 is 1. The molecule has 0 fully saturated rings. The largest absolute Gasteiger partial charge is 1.00 e. The molecule has 0 bridgehead atoms. The zero-order valence-electron chi connectivity index (χ0n) is 18.0. The molecule has 1 atom stereocenters. The molecule has 0 spiro atoms. The smallest absolute Gasteiger partial charge is 0.748 e. The molecule has 0 N–H and O–H groups in total. The second kappa shape index (κ2) is 19.0. The van der Waals surface area contributed by atoms with Crippen LogP contribution >= 0.6 is 0 Å². The SMILES string of the molecule is COC(=O)CCCCCCCC(CCCCCCCCC(C)=O)S(=O)(=O)[O-].[Na+]. The van der Waals surface area contributed by atoms with Crippen molar-refractivity contribution in [1.29, 1.82) is 0 Å². The Morgan fingerprint density at radius 1 is 0.786 bits per heavy atom. The van der Waals surface area contributed by atoms with Crippen LogP contribution in [-0.4, -0.2) is 37.1 Å². The Balaban J connectivity index is 0. The van der Waals surface area contributed by atoms with Gasteiger partial charge in [-0.15, -0.1) is 0 Å². The molecule has 0 rings (SSSR count). The molecule has 6 nitrogen and oxygen atoms in total. The molecule has 28 heavy (non-hydrogen) atoms. The molecule has 8 heteroatoms. The van der Waals surface area contributed by atoms with Crippen LogP contribution in [0.2, 0.25) is 0 Å². The summed E-state index contributed by atoms with van der Waals surface area (Å²) in [4.78, 5) is 21.8. The molecule has 0 aromatic rings. The molecule has 1 unspecified atom stereocenters. The summed E-state index contributed by atoms with van der Waals surface area (Å²) in [5.74, 6) is 0.0216. The van der Waals surface area contributed by atoms with Gasteiger partial charge in [-0.3, -0.25) is 4.79 Å². The Bertz CT molecular complexity index is 507. The van der Waals surface area contributed by atoms with Crippen molar-refractivity contribution in [2.24, 2.45) is 0 Å². The Kier molecular flexibility index (Phi) is 20.6. The average Bonchev–Trinajstić information content (AvgIpc) is 2.59. The molecule has 0 aromatic heterocycles. The molecular formula is C20H37NaO6S. The van der Waals surface area contributed by atoms with Crippen LogP contribution in [0.1, 0.15) is 103 Å². The first-order valence-corrected chi connectivity index (χ1v) is 11.8. The van der Waals surface area contributed by atoms with Gasteiger partial charge in [-0.1, -0.05) is 57.8 Å². The number of carbonyl (C=O) groups is 2. The summed E-state index contributed by atoms with van der Waals surface area (Å²) in [5.41, 5.74) is 0. The van der Waals surface area contributed by atoms with E-state index < -0.39 is 15.4 Å². The summed E-state index contributed by atoms with van der Waals surface area (Å²) in [6, 6.07) is 0. The van der Waals surface area contributed by atoms with Gasteiger partial charge in [0, 0.05) is 18.1 Å². The molecule has 160 valence electrons. The van der Waals surface area contributed by atoms with Crippen LogP contribution in [0.3, 0.4) is 0 Å². The minimum Gasteiger partial charge on any atom is -0.748 e. The predicted octanol–water partition coefficient (Wildman–Crippen LogP) is 1.52. The standard InChI is InChI=1S/C20H38O6S.Na/c1-18(21)14-10-6-3-4-7-11-15-19(27(23,24)25)16-12-8-5-9-13-17-20(22)26-2;/h19H,3-17H2,1-2H3,(H,23,24,25);/q;+1/p-1. The van der Waals surface area contributed by atoms with Crippen molar-refractivity contribution < 1.29 is 56.9 Å². The Labute approximate surface area is 193 Å². The maximum absolute atomic E-state index is 11.4. The number of hydrogen-bond donors (Lipinski definition) is 0. The molecule has 0 radical (unpaired) electrons. The molecular weight excluding hydrogens is 391 g/mol. The number of carbonyl (C=O) groups excluding carboxylic acids is 2. The predicted molar refractivity (Wildman–Crippen MR) is 105 cm³/mol. The van der Waals surface area contributed by atoms with Crippen molar-refractivity contribution >= 4 is 21.9 Å². The maximum Gasteiger partial charge on any atom is 1.00 e. The van der Waals surface area contributed by atoms with Gasteiger partial charge < -0.3 is 14.1 Å². The average molecular weight is 429 g/mol. The number of ether oxygens (including phenoxy) is 1. The zero-order chi connectivity index (χ0) is 20.5. The first-order chi connectivity index (χ1) is 12.8. The second-order valence-corrected chi connectivity index (χ2v) is 9.01. The van der Waals surface area contributed by atoms with E-state index in [2.05, 4.69) is 4.74 Å². The fourth-order valence-electron chi connectivity index (χ4n) is 3.16. The van der Waals surface area contributed by atoms with Gasteiger partial charge in [-0.2, -0.15) is 0 Å². The fraction of sp³-hybridized carbons (Fsp3) is 0.900. The third kappa shape index (κ3) is 19.4. The van der Waals surface area contributed by atoms with Crippen LogP contribution in [-0.2, 0) is 24.4 Å². The van der Waals surface area contributed by atoms with Crippen LogP contribution in [0.25, 0.3) is 0 Å². The van der Waals surface area contributed by atoms with Crippen LogP contribution in [0, 0.1) is 0 Å². The van der Waals surface area contributed by atoms with E-state index in [4.69, 9.17) is 0 Å². The molecule has 0 aromatic carbocycles. The van der Waals surface area contributed by atoms with Gasteiger partial charge in [-0.25, -0.2) is 8.42 Å². The van der Waals surface area contributed by atoms with E-state index in [0.29, 0.717) is 25.7 Å². The zero-order valence-corrected chi connectivity index (χ0v) is 20.9. The van der Waals surface area contributed by atoms with Gasteiger partial charge in [0.15, 0.2) is 0 Å². The molecule has 0 saturated carbocycles. The summed E-state index contributed by atoms with van der Waals surface area (Å²) >= 11 is 0. The summed E-state index contributed by atoms with van der Waals surface area (Å²) < 4.78 is 38.9. The summed E-state index contributed by atoms with van der Waals surface area (Å²) in [5, 5.41) is -0.773.